The van der Waals surface area contributed by atoms with Gasteiger partial charge in [0, 0.05) is 22.2 Å². The van der Waals surface area contributed by atoms with Gasteiger partial charge in [0.05, 0.1) is 16.8 Å². The standard InChI is InChI=1S/C60H39NO/c1-2-17-40(18-3-1)42-22-14-23-43(37-42)50-28-10-12-33-56(50)61(46-25-15-24-44(38-46)48-32-16-21-41-19-4-6-26-47(41)48)57-36-35-53(60-59(57)54-31-11-13-34-58(54)62-60)55-39-45-20-5-7-27-49(45)51-29-8-9-30-52(51)55/h1-39H. The zero-order chi connectivity index (χ0) is 41.0. The molecule has 2 heteroatoms. The van der Waals surface area contributed by atoms with Crippen molar-refractivity contribution in [3.63, 3.8) is 0 Å². The molecular formula is C60H39NO. The Morgan fingerprint density at radius 3 is 1.76 bits per heavy atom. The van der Waals surface area contributed by atoms with Crippen LogP contribution in [0.4, 0.5) is 17.1 Å². The van der Waals surface area contributed by atoms with E-state index in [1.807, 2.05) is 0 Å². The highest BCUT2D eigenvalue weighted by molar-refractivity contribution is 6.21. The van der Waals surface area contributed by atoms with Crippen LogP contribution in [0.1, 0.15) is 0 Å². The highest BCUT2D eigenvalue weighted by Gasteiger charge is 2.25. The lowest BCUT2D eigenvalue weighted by molar-refractivity contribution is 0.670. The number of hydrogen-bond acceptors (Lipinski definition) is 2. The molecule has 0 atom stereocenters. The molecule has 290 valence electrons. The molecule has 62 heavy (non-hydrogen) atoms. The number of furan rings is 1. The highest BCUT2D eigenvalue weighted by atomic mass is 16.3. The van der Waals surface area contributed by atoms with Crippen molar-refractivity contribution < 1.29 is 4.42 Å². The lowest BCUT2D eigenvalue weighted by Gasteiger charge is -2.29. The molecule has 0 aliphatic rings. The van der Waals surface area contributed by atoms with Crippen LogP contribution < -0.4 is 4.90 Å². The molecule has 0 fully saturated rings. The van der Waals surface area contributed by atoms with E-state index in [2.05, 4.69) is 241 Å². The zero-order valence-corrected chi connectivity index (χ0v) is 33.9. The average molecular weight is 790 g/mol. The van der Waals surface area contributed by atoms with Gasteiger partial charge in [-0.3, -0.25) is 0 Å². The first-order chi connectivity index (χ1) is 30.8. The van der Waals surface area contributed by atoms with Gasteiger partial charge in [-0.05, 0) is 114 Å². The van der Waals surface area contributed by atoms with E-state index < -0.39 is 0 Å². The van der Waals surface area contributed by atoms with Crippen LogP contribution in [0.2, 0.25) is 0 Å². The van der Waals surface area contributed by atoms with E-state index in [-0.39, 0.29) is 0 Å². The molecule has 11 aromatic carbocycles. The van der Waals surface area contributed by atoms with Gasteiger partial charge in [-0.25, -0.2) is 0 Å². The van der Waals surface area contributed by atoms with Gasteiger partial charge in [0.15, 0.2) is 0 Å². The largest absolute Gasteiger partial charge is 0.455 e. The summed E-state index contributed by atoms with van der Waals surface area (Å²) < 4.78 is 7.06. The molecular weight excluding hydrogens is 751 g/mol. The van der Waals surface area contributed by atoms with Gasteiger partial charge < -0.3 is 9.32 Å². The summed E-state index contributed by atoms with van der Waals surface area (Å²) in [5.74, 6) is 0. The van der Waals surface area contributed by atoms with E-state index >= 15 is 0 Å². The van der Waals surface area contributed by atoms with Crippen LogP contribution in [-0.4, -0.2) is 0 Å². The molecule has 2 nitrogen and oxygen atoms in total. The summed E-state index contributed by atoms with van der Waals surface area (Å²) in [5, 5.41) is 9.47. The minimum Gasteiger partial charge on any atom is -0.455 e. The molecule has 0 aliphatic carbocycles. The van der Waals surface area contributed by atoms with Crippen LogP contribution in [0, 0.1) is 0 Å². The Labute approximate surface area is 360 Å². The number of nitrogens with zero attached hydrogens (tertiary/aromatic N) is 1. The van der Waals surface area contributed by atoms with Crippen molar-refractivity contribution in [2.45, 2.75) is 0 Å². The number of hydrogen-bond donors (Lipinski definition) is 0. The first-order valence-electron chi connectivity index (χ1n) is 21.3. The van der Waals surface area contributed by atoms with Gasteiger partial charge in [-0.2, -0.15) is 0 Å². The Hall–Kier alpha value is -8.20. The molecule has 1 aromatic heterocycles. The third-order valence-electron chi connectivity index (χ3n) is 12.4. The van der Waals surface area contributed by atoms with E-state index in [9.17, 15) is 0 Å². The molecule has 0 spiro atoms. The maximum Gasteiger partial charge on any atom is 0.145 e. The maximum absolute atomic E-state index is 7.06. The third kappa shape index (κ3) is 5.96. The fraction of sp³-hybridized carbons (Fsp3) is 0. The smallest absolute Gasteiger partial charge is 0.145 e. The van der Waals surface area contributed by atoms with Crippen LogP contribution in [0.25, 0.3) is 98.8 Å². The fourth-order valence-corrected chi connectivity index (χ4v) is 9.59. The lowest BCUT2D eigenvalue weighted by Crippen LogP contribution is -2.12. The van der Waals surface area contributed by atoms with Crippen LogP contribution in [-0.2, 0) is 0 Å². The highest BCUT2D eigenvalue weighted by Crippen LogP contribution is 2.50. The summed E-state index contributed by atoms with van der Waals surface area (Å²) in [6.45, 7) is 0. The van der Waals surface area contributed by atoms with Gasteiger partial charge in [0.25, 0.3) is 0 Å². The quantitative estimate of drug-likeness (QED) is 0.150. The zero-order valence-electron chi connectivity index (χ0n) is 33.9. The number of para-hydroxylation sites is 2. The second-order valence-electron chi connectivity index (χ2n) is 16.0. The topological polar surface area (TPSA) is 16.4 Å². The second-order valence-corrected chi connectivity index (χ2v) is 16.0. The molecule has 0 saturated carbocycles. The predicted octanol–water partition coefficient (Wildman–Crippen LogP) is 17.2. The summed E-state index contributed by atoms with van der Waals surface area (Å²) in [6.07, 6.45) is 0. The van der Waals surface area contributed by atoms with Gasteiger partial charge >= 0.3 is 0 Å². The Morgan fingerprint density at radius 2 is 0.887 bits per heavy atom. The normalized spacial score (nSPS) is 11.5. The second kappa shape index (κ2) is 14.8. The molecule has 1 heterocycles. The van der Waals surface area contributed by atoms with Crippen LogP contribution in [0.3, 0.4) is 0 Å². The summed E-state index contributed by atoms with van der Waals surface area (Å²) in [4.78, 5) is 2.45. The Bertz CT molecular complexity index is 3650. The van der Waals surface area contributed by atoms with Gasteiger partial charge in [0.1, 0.15) is 11.2 Å². The molecule has 12 aromatic rings. The van der Waals surface area contributed by atoms with Crippen molar-refractivity contribution in [3.05, 3.63) is 237 Å². The Morgan fingerprint density at radius 1 is 0.290 bits per heavy atom. The van der Waals surface area contributed by atoms with Crippen molar-refractivity contribution in [2.24, 2.45) is 0 Å². The van der Waals surface area contributed by atoms with Gasteiger partial charge in [-0.15, -0.1) is 0 Å². The fourth-order valence-electron chi connectivity index (χ4n) is 9.59. The van der Waals surface area contributed by atoms with E-state index in [4.69, 9.17) is 4.42 Å². The maximum atomic E-state index is 7.06. The lowest BCUT2D eigenvalue weighted by atomic mass is 9.91. The molecule has 0 radical (unpaired) electrons. The van der Waals surface area contributed by atoms with Crippen molar-refractivity contribution in [1.29, 1.82) is 0 Å². The summed E-state index contributed by atoms with van der Waals surface area (Å²) >= 11 is 0. The molecule has 0 N–H and O–H groups in total. The molecule has 0 amide bonds. The van der Waals surface area contributed by atoms with Crippen molar-refractivity contribution in [3.8, 4) is 44.5 Å². The number of rotatable bonds is 7. The molecule has 12 rings (SSSR count). The van der Waals surface area contributed by atoms with Crippen LogP contribution >= 0.6 is 0 Å². The predicted molar refractivity (Wildman–Crippen MR) is 263 cm³/mol. The van der Waals surface area contributed by atoms with Crippen molar-refractivity contribution in [1.82, 2.24) is 0 Å². The number of fused-ring (bicyclic) bond motifs is 7. The molecule has 0 saturated heterocycles. The van der Waals surface area contributed by atoms with Crippen molar-refractivity contribution in [2.75, 3.05) is 4.90 Å². The van der Waals surface area contributed by atoms with E-state index in [0.717, 1.165) is 66.8 Å². The molecule has 0 aliphatic heterocycles. The first-order valence-corrected chi connectivity index (χ1v) is 21.3. The summed E-state index contributed by atoms with van der Waals surface area (Å²) in [5.41, 5.74) is 14.1. The summed E-state index contributed by atoms with van der Waals surface area (Å²) in [7, 11) is 0. The third-order valence-corrected chi connectivity index (χ3v) is 12.4. The summed E-state index contributed by atoms with van der Waals surface area (Å²) in [6, 6.07) is 85.4. The van der Waals surface area contributed by atoms with Crippen LogP contribution in [0.5, 0.6) is 0 Å². The SMILES string of the molecule is c1ccc(-c2cccc(-c3ccccc3N(c3cccc(-c4cccc5ccccc45)c3)c3ccc(-c4cc5ccccc5c5ccccc45)c4oc5ccccc5c34)c2)cc1. The number of benzene rings is 11. The van der Waals surface area contributed by atoms with Crippen molar-refractivity contribution >= 4 is 71.3 Å². The minimum atomic E-state index is 0.856. The molecule has 0 unspecified atom stereocenters. The average Bonchev–Trinajstić information content (AvgIpc) is 3.74. The first kappa shape index (κ1) is 35.7. The van der Waals surface area contributed by atoms with Crippen LogP contribution in [0.15, 0.2) is 241 Å². The number of anilines is 3. The monoisotopic (exact) mass is 789 g/mol. The van der Waals surface area contributed by atoms with E-state index in [1.165, 1.54) is 49.0 Å². The van der Waals surface area contributed by atoms with E-state index in [0.29, 0.717) is 0 Å². The van der Waals surface area contributed by atoms with Gasteiger partial charge in [-0.1, -0.05) is 188 Å². The Kier molecular flexibility index (Phi) is 8.53. The minimum absolute atomic E-state index is 0.856. The molecule has 0 bridgehead atoms. The van der Waals surface area contributed by atoms with E-state index in [1.54, 1.807) is 0 Å². The Balaban J connectivity index is 1.14. The van der Waals surface area contributed by atoms with Gasteiger partial charge in [0.2, 0.25) is 0 Å².